The molecule has 134 valence electrons. The Hall–Kier alpha value is -1.64. The predicted octanol–water partition coefficient (Wildman–Crippen LogP) is 0.782. The van der Waals surface area contributed by atoms with Crippen LogP contribution in [0.2, 0.25) is 0 Å². The number of hydrogen-bond donors (Lipinski definition) is 3. The molecule has 0 atom stereocenters. The third-order valence-electron chi connectivity index (χ3n) is 3.46. The molecule has 0 aliphatic carbocycles. The molecule has 0 aromatic heterocycles. The van der Waals surface area contributed by atoms with Crippen molar-refractivity contribution in [2.45, 2.75) is 30.6 Å². The van der Waals surface area contributed by atoms with Crippen molar-refractivity contribution in [2.75, 3.05) is 19.6 Å². The lowest BCUT2D eigenvalue weighted by Crippen LogP contribution is -2.28. The number of halogens is 1. The van der Waals surface area contributed by atoms with E-state index in [0.29, 0.717) is 37.5 Å². The Morgan fingerprint density at radius 2 is 1.96 bits per heavy atom. The Morgan fingerprint density at radius 3 is 2.71 bits per heavy atom. The molecule has 7 nitrogen and oxygen atoms in total. The van der Waals surface area contributed by atoms with Gasteiger partial charge in [0.15, 0.2) is 0 Å². The molecule has 24 heavy (non-hydrogen) atoms. The summed E-state index contributed by atoms with van der Waals surface area (Å²) in [7, 11) is -3.47. The van der Waals surface area contributed by atoms with Gasteiger partial charge in [0.05, 0.1) is 4.90 Å². The SMILES string of the molecule is Cl.NCCNC(=O)CCCCCN=C1NS(=O)(=O)c2ccccc21. The van der Waals surface area contributed by atoms with Gasteiger partial charge in [0.25, 0.3) is 10.0 Å². The highest BCUT2D eigenvalue weighted by Gasteiger charge is 2.29. The zero-order valence-corrected chi connectivity index (χ0v) is 15.0. The number of nitrogens with one attached hydrogen (secondary N) is 2. The molecule has 4 N–H and O–H groups in total. The summed E-state index contributed by atoms with van der Waals surface area (Å²) in [6.45, 7) is 1.48. The minimum atomic E-state index is -3.47. The van der Waals surface area contributed by atoms with E-state index in [2.05, 4.69) is 15.0 Å². The van der Waals surface area contributed by atoms with Crippen LogP contribution >= 0.6 is 12.4 Å². The summed E-state index contributed by atoms with van der Waals surface area (Å²) in [4.78, 5) is 16.0. The average molecular weight is 375 g/mol. The zero-order valence-electron chi connectivity index (χ0n) is 13.3. The van der Waals surface area contributed by atoms with Gasteiger partial charge in [-0.15, -0.1) is 12.4 Å². The molecule has 0 radical (unpaired) electrons. The van der Waals surface area contributed by atoms with Crippen molar-refractivity contribution in [3.8, 4) is 0 Å². The molecular formula is C15H23ClN4O3S. The summed E-state index contributed by atoms with van der Waals surface area (Å²) in [6, 6.07) is 6.79. The number of nitrogens with two attached hydrogens (primary N) is 1. The minimum absolute atomic E-state index is 0. The summed E-state index contributed by atoms with van der Waals surface area (Å²) in [5.74, 6) is 0.417. The minimum Gasteiger partial charge on any atom is -0.355 e. The van der Waals surface area contributed by atoms with Gasteiger partial charge in [-0.3, -0.25) is 14.5 Å². The molecular weight excluding hydrogens is 352 g/mol. The number of benzene rings is 1. The lowest BCUT2D eigenvalue weighted by Gasteiger charge is -2.03. The highest BCUT2D eigenvalue weighted by molar-refractivity contribution is 7.90. The van der Waals surface area contributed by atoms with E-state index in [1.165, 1.54) is 0 Å². The number of sulfonamides is 1. The standard InChI is InChI=1S/C15H22N4O3S.ClH/c16-9-11-17-14(20)8-2-1-5-10-18-15-12-6-3-4-7-13(12)23(21,22)19-15;/h3-4,6-7H,1-2,5,8-11,16H2,(H,17,20)(H,18,19);1H. The molecule has 0 saturated heterocycles. The van der Waals surface area contributed by atoms with Crippen molar-refractivity contribution in [3.05, 3.63) is 29.8 Å². The molecule has 1 heterocycles. The smallest absolute Gasteiger partial charge is 0.263 e. The molecule has 9 heteroatoms. The summed E-state index contributed by atoms with van der Waals surface area (Å²) >= 11 is 0. The van der Waals surface area contributed by atoms with Gasteiger partial charge in [0.2, 0.25) is 5.91 Å². The molecule has 0 fully saturated rings. The van der Waals surface area contributed by atoms with Gasteiger partial charge in [-0.25, -0.2) is 8.42 Å². The van der Waals surface area contributed by atoms with Crippen molar-refractivity contribution in [1.29, 1.82) is 0 Å². The molecule has 1 aromatic rings. The van der Waals surface area contributed by atoms with Crippen LogP contribution in [0.25, 0.3) is 0 Å². The van der Waals surface area contributed by atoms with Gasteiger partial charge in [-0.2, -0.15) is 0 Å². The van der Waals surface area contributed by atoms with Crippen molar-refractivity contribution < 1.29 is 13.2 Å². The first-order valence-electron chi connectivity index (χ1n) is 7.68. The number of carbonyl (C=O) groups excluding carboxylic acids is 1. The Morgan fingerprint density at radius 1 is 1.21 bits per heavy atom. The first-order chi connectivity index (χ1) is 11.0. The Bertz CT molecular complexity index is 692. The van der Waals surface area contributed by atoms with Gasteiger partial charge in [-0.1, -0.05) is 18.6 Å². The van der Waals surface area contributed by atoms with Crippen LogP contribution in [0.3, 0.4) is 0 Å². The highest BCUT2D eigenvalue weighted by atomic mass is 35.5. The number of aliphatic imine (C=N–C) groups is 1. The fourth-order valence-electron chi connectivity index (χ4n) is 2.32. The number of rotatable bonds is 8. The van der Waals surface area contributed by atoms with E-state index in [9.17, 15) is 13.2 Å². The van der Waals surface area contributed by atoms with E-state index in [-0.39, 0.29) is 23.2 Å². The fourth-order valence-corrected chi connectivity index (χ4v) is 3.57. The number of hydrogen-bond acceptors (Lipinski definition) is 5. The molecule has 2 rings (SSSR count). The van der Waals surface area contributed by atoms with Crippen LogP contribution in [0.1, 0.15) is 31.2 Å². The van der Waals surface area contributed by atoms with E-state index >= 15 is 0 Å². The number of unbranched alkanes of at least 4 members (excludes halogenated alkanes) is 2. The predicted molar refractivity (Wildman–Crippen MR) is 95.9 cm³/mol. The fraction of sp³-hybridized carbons (Fsp3) is 0.467. The number of fused-ring (bicyclic) bond motifs is 1. The number of carbonyl (C=O) groups is 1. The molecule has 0 unspecified atom stereocenters. The van der Waals surface area contributed by atoms with E-state index in [1.54, 1.807) is 24.3 Å². The van der Waals surface area contributed by atoms with Gasteiger partial charge in [-0.05, 0) is 25.0 Å². The molecule has 1 aliphatic heterocycles. The summed E-state index contributed by atoms with van der Waals surface area (Å²) in [5, 5.41) is 2.72. The van der Waals surface area contributed by atoms with Gasteiger partial charge in [0.1, 0.15) is 5.84 Å². The van der Waals surface area contributed by atoms with Crippen LogP contribution in [0, 0.1) is 0 Å². The van der Waals surface area contributed by atoms with E-state index < -0.39 is 10.0 Å². The van der Waals surface area contributed by atoms with Gasteiger partial charge in [0, 0.05) is 31.6 Å². The van der Waals surface area contributed by atoms with Crippen LogP contribution in [0.15, 0.2) is 34.2 Å². The normalized spacial score (nSPS) is 16.1. The van der Waals surface area contributed by atoms with Crippen LogP contribution in [-0.4, -0.2) is 39.8 Å². The molecule has 0 saturated carbocycles. The van der Waals surface area contributed by atoms with Crippen LogP contribution in [0.4, 0.5) is 0 Å². The van der Waals surface area contributed by atoms with Crippen LogP contribution in [-0.2, 0) is 14.8 Å². The summed E-state index contributed by atoms with van der Waals surface area (Å²) in [5.41, 5.74) is 5.92. The number of amidine groups is 1. The maximum Gasteiger partial charge on any atom is 0.263 e. The molecule has 0 bridgehead atoms. The maximum atomic E-state index is 11.9. The van der Waals surface area contributed by atoms with Crippen molar-refractivity contribution >= 4 is 34.2 Å². The summed E-state index contributed by atoms with van der Waals surface area (Å²) < 4.78 is 26.3. The number of amides is 1. The van der Waals surface area contributed by atoms with E-state index in [1.807, 2.05) is 0 Å². The van der Waals surface area contributed by atoms with E-state index in [4.69, 9.17) is 5.73 Å². The molecule has 1 amide bonds. The zero-order chi connectivity index (χ0) is 16.7. The van der Waals surface area contributed by atoms with Gasteiger partial charge >= 0.3 is 0 Å². The van der Waals surface area contributed by atoms with E-state index in [0.717, 1.165) is 19.3 Å². The molecule has 1 aromatic carbocycles. The summed E-state index contributed by atoms with van der Waals surface area (Å²) in [6.07, 6.45) is 2.92. The van der Waals surface area contributed by atoms with Crippen molar-refractivity contribution in [2.24, 2.45) is 10.7 Å². The Balaban J connectivity index is 0.00000288. The second kappa shape index (κ2) is 9.61. The number of nitrogens with zero attached hydrogens (tertiary/aromatic N) is 1. The van der Waals surface area contributed by atoms with Crippen molar-refractivity contribution in [1.82, 2.24) is 10.0 Å². The monoisotopic (exact) mass is 374 g/mol. The average Bonchev–Trinajstić information content (AvgIpc) is 2.80. The lowest BCUT2D eigenvalue weighted by molar-refractivity contribution is -0.121. The lowest BCUT2D eigenvalue weighted by atomic mass is 10.2. The van der Waals surface area contributed by atoms with Crippen LogP contribution < -0.4 is 15.8 Å². The van der Waals surface area contributed by atoms with Crippen LogP contribution in [0.5, 0.6) is 0 Å². The third kappa shape index (κ3) is 5.47. The largest absolute Gasteiger partial charge is 0.355 e. The quantitative estimate of drug-likeness (QED) is 0.583. The second-order valence-corrected chi connectivity index (χ2v) is 6.93. The first-order valence-corrected chi connectivity index (χ1v) is 9.16. The molecule has 1 aliphatic rings. The first kappa shape index (κ1) is 20.4. The Labute approximate surface area is 148 Å². The molecule has 0 spiro atoms. The van der Waals surface area contributed by atoms with Crippen molar-refractivity contribution in [3.63, 3.8) is 0 Å². The maximum absolute atomic E-state index is 11.9. The Kier molecular flexibility index (Phi) is 8.17. The highest BCUT2D eigenvalue weighted by Crippen LogP contribution is 2.22. The van der Waals surface area contributed by atoms with Gasteiger partial charge < -0.3 is 11.1 Å². The second-order valence-electron chi connectivity index (χ2n) is 5.28. The topological polar surface area (TPSA) is 114 Å². The third-order valence-corrected chi connectivity index (χ3v) is 4.86.